The minimum Gasteiger partial charge on any atom is -0.382 e. The molecule has 2 fully saturated rings. The van der Waals surface area contributed by atoms with Gasteiger partial charge in [0.25, 0.3) is 5.91 Å². The maximum Gasteiger partial charge on any atom is 0.389 e. The molecule has 0 spiro atoms. The van der Waals surface area contributed by atoms with E-state index in [4.69, 9.17) is 10.5 Å². The van der Waals surface area contributed by atoms with Gasteiger partial charge in [-0.15, -0.1) is 0 Å². The molecule has 2 aliphatic heterocycles. The van der Waals surface area contributed by atoms with Gasteiger partial charge in [-0.1, -0.05) is 6.92 Å². The van der Waals surface area contributed by atoms with Gasteiger partial charge in [0.1, 0.15) is 17.9 Å². The Labute approximate surface area is 158 Å². The molecule has 8 nitrogen and oxygen atoms in total. The highest BCUT2D eigenvalue weighted by Gasteiger charge is 2.50. The molecular weight excluding hydrogens is 377 g/mol. The molecule has 1 amide bonds. The molecule has 0 unspecified atom stereocenters. The molecule has 152 valence electrons. The van der Waals surface area contributed by atoms with Gasteiger partial charge in [-0.25, -0.2) is 15.0 Å². The Hall–Kier alpha value is -2.43. The molecule has 11 heteroatoms. The molecule has 2 aromatic rings. The Bertz CT molecular complexity index is 893. The number of carbonyl (C=O) groups is 1. The summed E-state index contributed by atoms with van der Waals surface area (Å²) in [6.45, 7) is 2.24. The van der Waals surface area contributed by atoms with Gasteiger partial charge in [0.15, 0.2) is 11.5 Å². The number of nitrogen functional groups attached to an aromatic ring is 1. The van der Waals surface area contributed by atoms with Crippen LogP contribution in [0, 0.1) is 5.41 Å². The molecule has 0 aromatic carbocycles. The number of nitrogens with zero attached hydrogens (tertiary/aromatic N) is 5. The first-order valence-electron chi connectivity index (χ1n) is 9.06. The summed E-state index contributed by atoms with van der Waals surface area (Å²) in [5, 5.41) is 0. The molecule has 2 saturated heterocycles. The third-order valence-electron chi connectivity index (χ3n) is 5.30. The van der Waals surface area contributed by atoms with E-state index in [2.05, 4.69) is 15.0 Å². The number of imidazole rings is 1. The monoisotopic (exact) mass is 398 g/mol. The molecule has 4 rings (SSSR count). The van der Waals surface area contributed by atoms with E-state index in [9.17, 15) is 18.0 Å². The molecule has 2 aliphatic rings. The Morgan fingerprint density at radius 1 is 1.32 bits per heavy atom. The summed E-state index contributed by atoms with van der Waals surface area (Å²) in [7, 11) is 0. The minimum atomic E-state index is -4.22. The summed E-state index contributed by atoms with van der Waals surface area (Å²) in [4.78, 5) is 26.3. The smallest absolute Gasteiger partial charge is 0.382 e. The molecular formula is C17H21F3N6O2. The van der Waals surface area contributed by atoms with Crippen LogP contribution in [0.3, 0.4) is 0 Å². The van der Waals surface area contributed by atoms with Crippen molar-refractivity contribution >= 4 is 22.9 Å². The Morgan fingerprint density at radius 3 is 2.79 bits per heavy atom. The standard InChI is InChI=1S/C17H21F3N6O2/c1-16(5-17(18,19)20)6-26(7-16)15(27)11-3-2-10(28-11)4-25-9-24-12-13(21)22-8-23-14(12)25/h8-11H,2-7H2,1H3,(H2,21,22,23)/t10-,11+/m1/s1. The number of halogens is 3. The highest BCUT2D eigenvalue weighted by atomic mass is 19.4. The van der Waals surface area contributed by atoms with E-state index >= 15 is 0 Å². The van der Waals surface area contributed by atoms with Crippen LogP contribution in [0.2, 0.25) is 0 Å². The van der Waals surface area contributed by atoms with Gasteiger partial charge in [0.2, 0.25) is 0 Å². The van der Waals surface area contributed by atoms with Crippen molar-refractivity contribution in [2.75, 3.05) is 18.8 Å². The highest BCUT2D eigenvalue weighted by molar-refractivity contribution is 5.82. The van der Waals surface area contributed by atoms with Gasteiger partial charge >= 0.3 is 6.18 Å². The lowest BCUT2D eigenvalue weighted by Crippen LogP contribution is -2.60. The number of nitrogens with two attached hydrogens (primary N) is 1. The first kappa shape index (κ1) is 18.9. The summed E-state index contributed by atoms with van der Waals surface area (Å²) in [5.41, 5.74) is 5.98. The summed E-state index contributed by atoms with van der Waals surface area (Å²) < 4.78 is 45.5. The summed E-state index contributed by atoms with van der Waals surface area (Å²) >= 11 is 0. The molecule has 2 N–H and O–H groups in total. The van der Waals surface area contributed by atoms with Crippen molar-refractivity contribution in [3.05, 3.63) is 12.7 Å². The Balaban J connectivity index is 1.33. The van der Waals surface area contributed by atoms with E-state index in [1.165, 1.54) is 11.2 Å². The van der Waals surface area contributed by atoms with Crippen molar-refractivity contribution in [3.63, 3.8) is 0 Å². The normalized spacial score (nSPS) is 24.5. The topological polar surface area (TPSA) is 99.2 Å². The van der Waals surface area contributed by atoms with Crippen molar-refractivity contribution in [1.29, 1.82) is 0 Å². The molecule has 4 heterocycles. The second kappa shape index (κ2) is 6.57. The zero-order valence-electron chi connectivity index (χ0n) is 15.3. The number of carbonyl (C=O) groups excluding carboxylic acids is 1. The average Bonchev–Trinajstić information content (AvgIpc) is 3.19. The number of ether oxygens (including phenoxy) is 1. The maximum atomic E-state index is 12.6. The molecule has 0 saturated carbocycles. The molecule has 0 aliphatic carbocycles. The van der Waals surface area contributed by atoms with E-state index in [1.54, 1.807) is 17.8 Å². The summed E-state index contributed by atoms with van der Waals surface area (Å²) in [6.07, 6.45) is -1.74. The molecule has 2 atom stereocenters. The van der Waals surface area contributed by atoms with Crippen LogP contribution in [0.15, 0.2) is 12.7 Å². The third-order valence-corrected chi connectivity index (χ3v) is 5.30. The van der Waals surface area contributed by atoms with E-state index < -0.39 is 24.1 Å². The molecule has 28 heavy (non-hydrogen) atoms. The lowest BCUT2D eigenvalue weighted by molar-refractivity contribution is -0.186. The van der Waals surface area contributed by atoms with E-state index in [-0.39, 0.29) is 25.1 Å². The molecule has 2 aromatic heterocycles. The van der Waals surface area contributed by atoms with Crippen LogP contribution >= 0.6 is 0 Å². The lowest BCUT2D eigenvalue weighted by atomic mass is 9.78. The maximum absolute atomic E-state index is 12.6. The van der Waals surface area contributed by atoms with E-state index in [1.807, 2.05) is 0 Å². The third kappa shape index (κ3) is 3.62. The summed E-state index contributed by atoms with van der Waals surface area (Å²) in [5.74, 6) is 0.0630. The minimum absolute atomic E-state index is 0.109. The van der Waals surface area contributed by atoms with Crippen LogP contribution < -0.4 is 5.73 Å². The number of amides is 1. The average molecular weight is 398 g/mol. The van der Waals surface area contributed by atoms with Crippen LogP contribution in [0.25, 0.3) is 11.2 Å². The number of fused-ring (bicyclic) bond motifs is 1. The van der Waals surface area contributed by atoms with Crippen LogP contribution in [-0.4, -0.2) is 61.8 Å². The predicted octanol–water partition coefficient (Wildman–Crippen LogP) is 1.76. The van der Waals surface area contributed by atoms with Crippen molar-refractivity contribution in [3.8, 4) is 0 Å². The summed E-state index contributed by atoms with van der Waals surface area (Å²) in [6, 6.07) is 0. The van der Waals surface area contributed by atoms with Gasteiger partial charge in [-0.05, 0) is 12.8 Å². The van der Waals surface area contributed by atoms with E-state index in [0.717, 1.165) is 0 Å². The van der Waals surface area contributed by atoms with Gasteiger partial charge in [-0.3, -0.25) is 4.79 Å². The molecule has 0 bridgehead atoms. The SMILES string of the molecule is CC1(CC(F)(F)F)CN(C(=O)[C@@H]2CC[C@H](Cn3cnc4c(N)ncnc43)O2)C1. The fourth-order valence-electron chi connectivity index (χ4n) is 4.10. The van der Waals surface area contributed by atoms with Crippen molar-refractivity contribution in [2.45, 2.75) is 51.1 Å². The number of hydrogen-bond donors (Lipinski definition) is 1. The number of aromatic nitrogens is 4. The highest BCUT2D eigenvalue weighted by Crippen LogP contribution is 2.41. The number of alkyl halides is 3. The quantitative estimate of drug-likeness (QED) is 0.843. The number of rotatable bonds is 4. The molecule has 0 radical (unpaired) electrons. The van der Waals surface area contributed by atoms with Crippen LogP contribution in [-0.2, 0) is 16.1 Å². The van der Waals surface area contributed by atoms with Gasteiger partial charge < -0.3 is 19.9 Å². The Morgan fingerprint density at radius 2 is 2.07 bits per heavy atom. The van der Waals surface area contributed by atoms with E-state index in [0.29, 0.717) is 36.4 Å². The van der Waals surface area contributed by atoms with Gasteiger partial charge in [-0.2, -0.15) is 13.2 Å². The second-order valence-corrected chi connectivity index (χ2v) is 7.95. The van der Waals surface area contributed by atoms with Crippen LogP contribution in [0.1, 0.15) is 26.2 Å². The number of likely N-dealkylation sites (tertiary alicyclic amines) is 1. The van der Waals surface area contributed by atoms with Crippen LogP contribution in [0.5, 0.6) is 0 Å². The van der Waals surface area contributed by atoms with Gasteiger partial charge in [0, 0.05) is 18.5 Å². The first-order valence-corrected chi connectivity index (χ1v) is 9.06. The number of hydrogen-bond acceptors (Lipinski definition) is 6. The fraction of sp³-hybridized carbons (Fsp3) is 0.647. The number of anilines is 1. The zero-order valence-corrected chi connectivity index (χ0v) is 15.3. The Kier molecular flexibility index (Phi) is 4.44. The fourth-order valence-corrected chi connectivity index (χ4v) is 4.10. The van der Waals surface area contributed by atoms with Gasteiger partial charge in [0.05, 0.1) is 25.4 Å². The van der Waals surface area contributed by atoms with Crippen molar-refractivity contribution in [1.82, 2.24) is 24.4 Å². The largest absolute Gasteiger partial charge is 0.389 e. The zero-order chi connectivity index (χ0) is 20.1. The second-order valence-electron chi connectivity index (χ2n) is 7.95. The van der Waals surface area contributed by atoms with Crippen molar-refractivity contribution < 1.29 is 22.7 Å². The van der Waals surface area contributed by atoms with Crippen molar-refractivity contribution in [2.24, 2.45) is 5.41 Å². The lowest BCUT2D eigenvalue weighted by Gasteiger charge is -2.49. The van der Waals surface area contributed by atoms with Crippen LogP contribution in [0.4, 0.5) is 19.0 Å². The predicted molar refractivity (Wildman–Crippen MR) is 93.0 cm³/mol. The first-order chi connectivity index (χ1) is 13.1.